The molecule has 6 nitrogen and oxygen atoms in total. The largest absolute Gasteiger partial charge is 0.454 e. The maximum Gasteiger partial charge on any atom is 0.247 e. The van der Waals surface area contributed by atoms with Gasteiger partial charge in [0.25, 0.3) is 0 Å². The van der Waals surface area contributed by atoms with Crippen molar-refractivity contribution < 1.29 is 14.3 Å². The lowest BCUT2D eigenvalue weighted by Crippen LogP contribution is -2.45. The maximum atomic E-state index is 12.9. The molecule has 1 saturated carbocycles. The van der Waals surface area contributed by atoms with Gasteiger partial charge in [0.2, 0.25) is 11.8 Å². The Labute approximate surface area is 158 Å². The number of hydrogen-bond donors (Lipinski definition) is 1. The van der Waals surface area contributed by atoms with Gasteiger partial charge in [0.05, 0.1) is 11.9 Å². The Balaban J connectivity index is 1.49. The van der Waals surface area contributed by atoms with Crippen LogP contribution in [0.2, 0.25) is 0 Å². The van der Waals surface area contributed by atoms with E-state index in [1.54, 1.807) is 41.6 Å². The molecule has 140 valence electrons. The van der Waals surface area contributed by atoms with E-state index in [9.17, 15) is 9.59 Å². The summed E-state index contributed by atoms with van der Waals surface area (Å²) in [7, 11) is 0. The van der Waals surface area contributed by atoms with Gasteiger partial charge >= 0.3 is 0 Å². The molecule has 2 fully saturated rings. The molecule has 0 bridgehead atoms. The summed E-state index contributed by atoms with van der Waals surface area (Å²) in [4.78, 5) is 31.4. The molecule has 27 heavy (non-hydrogen) atoms. The first-order valence-corrected chi connectivity index (χ1v) is 9.36. The average molecular weight is 365 g/mol. The number of carbonyl (C=O) groups is 2. The quantitative estimate of drug-likeness (QED) is 0.879. The smallest absolute Gasteiger partial charge is 0.247 e. The van der Waals surface area contributed by atoms with Gasteiger partial charge < -0.3 is 15.0 Å². The monoisotopic (exact) mass is 365 g/mol. The zero-order valence-electron chi connectivity index (χ0n) is 15.4. The molecule has 4 rings (SSSR count). The van der Waals surface area contributed by atoms with Gasteiger partial charge in [-0.2, -0.15) is 0 Å². The number of likely N-dealkylation sites (tertiary alicyclic amines) is 1. The molecule has 1 aromatic carbocycles. The first-order chi connectivity index (χ1) is 13.1. The number of ether oxygens (including phenoxy) is 1. The molecule has 2 aromatic rings. The summed E-state index contributed by atoms with van der Waals surface area (Å²) in [5.41, 5.74) is 0.327. The zero-order valence-corrected chi connectivity index (χ0v) is 15.4. The predicted molar refractivity (Wildman–Crippen MR) is 101 cm³/mol. The van der Waals surface area contributed by atoms with Gasteiger partial charge in [-0.3, -0.25) is 14.6 Å². The number of hydrogen-bond acceptors (Lipinski definition) is 4. The first-order valence-electron chi connectivity index (χ1n) is 9.36. The maximum absolute atomic E-state index is 12.9. The van der Waals surface area contributed by atoms with E-state index in [1.807, 2.05) is 19.1 Å². The van der Waals surface area contributed by atoms with E-state index in [1.165, 1.54) is 0 Å². The van der Waals surface area contributed by atoms with Crippen LogP contribution in [0.25, 0.3) is 0 Å². The third-order valence-electron chi connectivity index (χ3n) is 5.34. The Kier molecular flexibility index (Phi) is 4.56. The summed E-state index contributed by atoms with van der Waals surface area (Å²) in [6.07, 6.45) is 6.67. The van der Waals surface area contributed by atoms with Gasteiger partial charge in [-0.05, 0) is 49.9 Å². The van der Waals surface area contributed by atoms with Crippen molar-refractivity contribution in [1.82, 2.24) is 9.88 Å². The summed E-state index contributed by atoms with van der Waals surface area (Å²) in [6.45, 7) is 2.64. The molecule has 2 amide bonds. The Morgan fingerprint density at radius 3 is 2.78 bits per heavy atom. The summed E-state index contributed by atoms with van der Waals surface area (Å²) < 4.78 is 5.85. The van der Waals surface area contributed by atoms with Crippen LogP contribution >= 0.6 is 0 Å². The SMILES string of the molecule is CC1(C(=O)N2CCC[C@H]2C(=O)Nc2ccccc2Oc2cccnc2)CC1. The fraction of sp³-hybridized carbons (Fsp3) is 0.381. The van der Waals surface area contributed by atoms with E-state index in [-0.39, 0.29) is 17.2 Å². The summed E-state index contributed by atoms with van der Waals surface area (Å²) in [5.74, 6) is 1.09. The molecule has 0 spiro atoms. The molecule has 2 heterocycles. The second kappa shape index (κ2) is 7.02. The highest BCUT2D eigenvalue weighted by atomic mass is 16.5. The Hall–Kier alpha value is -2.89. The van der Waals surface area contributed by atoms with Gasteiger partial charge in [0.15, 0.2) is 5.75 Å². The van der Waals surface area contributed by atoms with E-state index in [4.69, 9.17) is 4.74 Å². The second-order valence-corrected chi connectivity index (χ2v) is 7.49. The van der Waals surface area contributed by atoms with Crippen LogP contribution in [0.3, 0.4) is 0 Å². The van der Waals surface area contributed by atoms with Crippen LogP contribution in [0.4, 0.5) is 5.69 Å². The third-order valence-corrected chi connectivity index (χ3v) is 5.34. The van der Waals surface area contributed by atoms with E-state index in [0.29, 0.717) is 30.2 Å². The molecule has 1 aliphatic carbocycles. The Morgan fingerprint density at radius 1 is 1.22 bits per heavy atom. The number of aromatic nitrogens is 1. The minimum atomic E-state index is -0.415. The molecule has 2 aliphatic rings. The van der Waals surface area contributed by atoms with Crippen LogP contribution < -0.4 is 10.1 Å². The second-order valence-electron chi connectivity index (χ2n) is 7.49. The summed E-state index contributed by atoms with van der Waals surface area (Å²) >= 11 is 0. The molecule has 1 aromatic heterocycles. The van der Waals surface area contributed by atoms with Crippen LogP contribution in [0.15, 0.2) is 48.8 Å². The highest BCUT2D eigenvalue weighted by Crippen LogP contribution is 2.47. The van der Waals surface area contributed by atoms with Gasteiger partial charge in [-0.1, -0.05) is 19.1 Å². The number of anilines is 1. The number of carbonyl (C=O) groups excluding carboxylic acids is 2. The Bertz CT molecular complexity index is 849. The summed E-state index contributed by atoms with van der Waals surface area (Å²) in [5, 5.41) is 2.95. The van der Waals surface area contributed by atoms with E-state index < -0.39 is 6.04 Å². The van der Waals surface area contributed by atoms with Crippen LogP contribution in [0.5, 0.6) is 11.5 Å². The van der Waals surface area contributed by atoms with Crippen molar-refractivity contribution in [2.24, 2.45) is 5.41 Å². The number of pyridine rings is 1. The van der Waals surface area contributed by atoms with Crippen LogP contribution in [0.1, 0.15) is 32.6 Å². The van der Waals surface area contributed by atoms with Crippen molar-refractivity contribution in [2.75, 3.05) is 11.9 Å². The lowest BCUT2D eigenvalue weighted by atomic mass is 10.1. The minimum Gasteiger partial charge on any atom is -0.454 e. The van der Waals surface area contributed by atoms with Gasteiger partial charge in [0, 0.05) is 18.2 Å². The molecule has 1 atom stereocenters. The molecule has 1 N–H and O–H groups in total. The molecule has 1 saturated heterocycles. The molecule has 1 aliphatic heterocycles. The van der Waals surface area contributed by atoms with Crippen molar-refractivity contribution in [1.29, 1.82) is 0 Å². The van der Waals surface area contributed by atoms with Crippen LogP contribution in [-0.4, -0.2) is 34.3 Å². The fourth-order valence-corrected chi connectivity index (χ4v) is 3.44. The average Bonchev–Trinajstić information content (AvgIpc) is 3.25. The van der Waals surface area contributed by atoms with E-state index >= 15 is 0 Å². The van der Waals surface area contributed by atoms with Crippen molar-refractivity contribution in [3.8, 4) is 11.5 Å². The Morgan fingerprint density at radius 2 is 2.04 bits per heavy atom. The van der Waals surface area contributed by atoms with E-state index in [2.05, 4.69) is 10.3 Å². The molecule has 0 radical (unpaired) electrons. The number of benzene rings is 1. The van der Waals surface area contributed by atoms with Crippen molar-refractivity contribution in [2.45, 2.75) is 38.6 Å². The van der Waals surface area contributed by atoms with Gasteiger partial charge in [-0.25, -0.2) is 0 Å². The lowest BCUT2D eigenvalue weighted by molar-refractivity contribution is -0.140. The fourth-order valence-electron chi connectivity index (χ4n) is 3.44. The number of para-hydroxylation sites is 2. The molecular weight excluding hydrogens is 342 g/mol. The molecule has 6 heteroatoms. The minimum absolute atomic E-state index is 0.111. The lowest BCUT2D eigenvalue weighted by Gasteiger charge is -2.27. The predicted octanol–water partition coefficient (Wildman–Crippen LogP) is 3.60. The van der Waals surface area contributed by atoms with Crippen LogP contribution in [-0.2, 0) is 9.59 Å². The van der Waals surface area contributed by atoms with Crippen LogP contribution in [0, 0.1) is 5.41 Å². The number of nitrogens with one attached hydrogen (secondary N) is 1. The highest BCUT2D eigenvalue weighted by molar-refractivity contribution is 5.99. The van der Waals surface area contributed by atoms with Crippen molar-refractivity contribution >= 4 is 17.5 Å². The molecular formula is C21H23N3O3. The number of rotatable bonds is 5. The first kappa shape index (κ1) is 17.5. The van der Waals surface area contributed by atoms with Gasteiger partial charge in [-0.15, -0.1) is 0 Å². The topological polar surface area (TPSA) is 71.5 Å². The summed E-state index contributed by atoms with van der Waals surface area (Å²) in [6, 6.07) is 10.5. The number of nitrogens with zero attached hydrogens (tertiary/aromatic N) is 2. The van der Waals surface area contributed by atoms with Gasteiger partial charge in [0.1, 0.15) is 11.8 Å². The van der Waals surface area contributed by atoms with E-state index in [0.717, 1.165) is 19.3 Å². The number of amides is 2. The van der Waals surface area contributed by atoms with Crippen molar-refractivity contribution in [3.05, 3.63) is 48.8 Å². The highest BCUT2D eigenvalue weighted by Gasteiger charge is 2.50. The normalized spacial score (nSPS) is 20.2. The standard InChI is InChI=1S/C21H23N3O3/c1-21(10-11-21)20(26)24-13-5-8-17(24)19(25)23-16-7-2-3-9-18(16)27-15-6-4-12-22-14-15/h2-4,6-7,9,12,14,17H,5,8,10-11,13H2,1H3,(H,23,25)/t17-/m0/s1. The molecule has 0 unspecified atom stereocenters. The van der Waals surface area contributed by atoms with Crippen molar-refractivity contribution in [3.63, 3.8) is 0 Å². The zero-order chi connectivity index (χ0) is 18.9. The third kappa shape index (κ3) is 3.65.